The number of benzene rings is 2. The number of phenols is 1. The Morgan fingerprint density at radius 3 is 2.89 bits per heavy atom. The molecule has 3 nitrogen and oxygen atoms in total. The van der Waals surface area contributed by atoms with E-state index in [1.807, 2.05) is 24.3 Å². The lowest BCUT2D eigenvalue weighted by Gasteiger charge is -2.08. The van der Waals surface area contributed by atoms with E-state index in [4.69, 9.17) is 0 Å². The lowest BCUT2D eigenvalue weighted by molar-refractivity contribution is -0.118. The quantitative estimate of drug-likeness (QED) is 0.853. The van der Waals surface area contributed by atoms with Crippen LogP contribution in [-0.4, -0.2) is 22.9 Å². The number of carbonyl (C=O) groups excluding carboxylic acids is 1. The molecule has 0 aliphatic rings. The summed E-state index contributed by atoms with van der Waals surface area (Å²) in [6.07, 6.45) is 0.750. The SMILES string of the molecule is O=C(CBr)NCCc1cccc2ccc(O)cc12. The molecule has 0 unspecified atom stereocenters. The maximum atomic E-state index is 11.1. The Hall–Kier alpha value is -1.55. The lowest BCUT2D eigenvalue weighted by atomic mass is 10.0. The third-order valence-corrected chi connectivity index (χ3v) is 3.30. The molecule has 2 N–H and O–H groups in total. The summed E-state index contributed by atoms with van der Waals surface area (Å²) in [6, 6.07) is 11.3. The summed E-state index contributed by atoms with van der Waals surface area (Å²) in [5.74, 6) is 0.248. The molecule has 0 heterocycles. The van der Waals surface area contributed by atoms with Crippen molar-refractivity contribution in [3.05, 3.63) is 42.0 Å². The number of hydrogen-bond donors (Lipinski definition) is 2. The topological polar surface area (TPSA) is 49.3 Å². The first kappa shape index (κ1) is 12.9. The van der Waals surface area contributed by atoms with E-state index in [9.17, 15) is 9.90 Å². The van der Waals surface area contributed by atoms with Crippen LogP contribution in [0.15, 0.2) is 36.4 Å². The first-order chi connectivity index (χ1) is 8.70. The van der Waals surface area contributed by atoms with Crippen molar-refractivity contribution < 1.29 is 9.90 Å². The first-order valence-electron chi connectivity index (χ1n) is 5.74. The van der Waals surface area contributed by atoms with E-state index in [0.29, 0.717) is 11.9 Å². The number of alkyl halides is 1. The van der Waals surface area contributed by atoms with Gasteiger partial charge in [0.05, 0.1) is 5.33 Å². The number of rotatable bonds is 4. The molecule has 0 aliphatic carbocycles. The third-order valence-electron chi connectivity index (χ3n) is 2.79. The number of phenolic OH excluding ortho intramolecular Hbond substituents is 1. The maximum absolute atomic E-state index is 11.1. The van der Waals surface area contributed by atoms with Gasteiger partial charge in [0.25, 0.3) is 0 Å². The van der Waals surface area contributed by atoms with Crippen molar-refractivity contribution >= 4 is 32.6 Å². The Kier molecular flexibility index (Phi) is 4.20. The summed E-state index contributed by atoms with van der Waals surface area (Å²) in [6.45, 7) is 0.596. The van der Waals surface area contributed by atoms with Crippen molar-refractivity contribution in [1.82, 2.24) is 5.32 Å². The number of hydrogen-bond acceptors (Lipinski definition) is 2. The van der Waals surface area contributed by atoms with E-state index in [-0.39, 0.29) is 11.7 Å². The van der Waals surface area contributed by atoms with Crippen LogP contribution in [0.25, 0.3) is 10.8 Å². The molecule has 2 aromatic carbocycles. The minimum atomic E-state index is -0.0157. The fourth-order valence-corrected chi connectivity index (χ4v) is 2.13. The molecule has 2 aromatic rings. The molecule has 0 saturated carbocycles. The fraction of sp³-hybridized carbons (Fsp3) is 0.214. The molecule has 0 saturated heterocycles. The van der Waals surface area contributed by atoms with Crippen LogP contribution >= 0.6 is 15.9 Å². The minimum absolute atomic E-state index is 0.0157. The second kappa shape index (κ2) is 5.87. The number of halogens is 1. The summed E-state index contributed by atoms with van der Waals surface area (Å²) in [4.78, 5) is 11.1. The van der Waals surface area contributed by atoms with Gasteiger partial charge in [-0.3, -0.25) is 4.79 Å². The smallest absolute Gasteiger partial charge is 0.230 e. The Morgan fingerprint density at radius 2 is 2.11 bits per heavy atom. The molecule has 0 aromatic heterocycles. The zero-order valence-corrected chi connectivity index (χ0v) is 11.4. The average molecular weight is 308 g/mol. The van der Waals surface area contributed by atoms with Crippen LogP contribution in [0.3, 0.4) is 0 Å². The van der Waals surface area contributed by atoms with E-state index in [0.717, 1.165) is 22.8 Å². The summed E-state index contributed by atoms with van der Waals surface area (Å²) in [5.41, 5.74) is 1.12. The monoisotopic (exact) mass is 307 g/mol. The highest BCUT2D eigenvalue weighted by Gasteiger charge is 2.03. The third kappa shape index (κ3) is 3.01. The summed E-state index contributed by atoms with van der Waals surface area (Å²) in [5, 5.41) is 14.8. The second-order valence-corrected chi connectivity index (χ2v) is 4.62. The van der Waals surface area contributed by atoms with Crippen molar-refractivity contribution in [2.45, 2.75) is 6.42 Å². The van der Waals surface area contributed by atoms with Gasteiger partial charge in [0.1, 0.15) is 5.75 Å². The Bertz CT molecular complexity index is 569. The number of fused-ring (bicyclic) bond motifs is 1. The second-order valence-electron chi connectivity index (χ2n) is 4.06. The molecule has 0 spiro atoms. The number of amides is 1. The van der Waals surface area contributed by atoms with Gasteiger partial charge in [-0.25, -0.2) is 0 Å². The van der Waals surface area contributed by atoms with Crippen LogP contribution in [-0.2, 0) is 11.2 Å². The van der Waals surface area contributed by atoms with E-state index in [1.165, 1.54) is 0 Å². The van der Waals surface area contributed by atoms with Crippen LogP contribution in [0, 0.1) is 0 Å². The van der Waals surface area contributed by atoms with Crippen LogP contribution < -0.4 is 5.32 Å². The van der Waals surface area contributed by atoms with Crippen LogP contribution in [0.5, 0.6) is 5.75 Å². The van der Waals surface area contributed by atoms with Crippen molar-refractivity contribution in [2.24, 2.45) is 0 Å². The van der Waals surface area contributed by atoms with Crippen LogP contribution in [0.4, 0.5) is 0 Å². The molecule has 94 valence electrons. The Morgan fingerprint density at radius 1 is 1.28 bits per heavy atom. The Balaban J connectivity index is 2.17. The molecular formula is C14H14BrNO2. The number of aromatic hydroxyl groups is 1. The van der Waals surface area contributed by atoms with Gasteiger partial charge in [0.15, 0.2) is 0 Å². The largest absolute Gasteiger partial charge is 0.508 e. The minimum Gasteiger partial charge on any atom is -0.508 e. The Labute approximate surface area is 114 Å². The highest BCUT2D eigenvalue weighted by Crippen LogP contribution is 2.23. The summed E-state index contributed by atoms with van der Waals surface area (Å²) >= 11 is 3.11. The van der Waals surface area contributed by atoms with Crippen molar-refractivity contribution in [3.63, 3.8) is 0 Å². The van der Waals surface area contributed by atoms with Gasteiger partial charge in [-0.1, -0.05) is 40.2 Å². The molecule has 0 radical (unpaired) electrons. The molecular weight excluding hydrogens is 294 g/mol. The van der Waals surface area contributed by atoms with E-state index < -0.39 is 0 Å². The number of nitrogens with one attached hydrogen (secondary N) is 1. The molecule has 18 heavy (non-hydrogen) atoms. The lowest BCUT2D eigenvalue weighted by Crippen LogP contribution is -2.26. The summed E-state index contributed by atoms with van der Waals surface area (Å²) in [7, 11) is 0. The van der Waals surface area contributed by atoms with Gasteiger partial charge in [0.2, 0.25) is 5.91 Å². The van der Waals surface area contributed by atoms with Crippen molar-refractivity contribution in [2.75, 3.05) is 11.9 Å². The van der Waals surface area contributed by atoms with E-state index in [1.54, 1.807) is 12.1 Å². The fourth-order valence-electron chi connectivity index (χ4n) is 1.93. The molecule has 4 heteroatoms. The average Bonchev–Trinajstić information content (AvgIpc) is 2.39. The summed E-state index contributed by atoms with van der Waals surface area (Å²) < 4.78 is 0. The molecule has 0 aliphatic heterocycles. The van der Waals surface area contributed by atoms with Gasteiger partial charge >= 0.3 is 0 Å². The molecule has 1 amide bonds. The number of carbonyl (C=O) groups is 1. The first-order valence-corrected chi connectivity index (χ1v) is 6.86. The predicted molar refractivity (Wildman–Crippen MR) is 76.1 cm³/mol. The van der Waals surface area contributed by atoms with Gasteiger partial charge in [0, 0.05) is 6.54 Å². The highest BCUT2D eigenvalue weighted by molar-refractivity contribution is 9.09. The van der Waals surface area contributed by atoms with Gasteiger partial charge < -0.3 is 10.4 Å². The zero-order chi connectivity index (χ0) is 13.0. The predicted octanol–water partition coefficient (Wildman–Crippen LogP) is 2.60. The van der Waals surface area contributed by atoms with Gasteiger partial charge in [-0.05, 0) is 34.9 Å². The van der Waals surface area contributed by atoms with Crippen LogP contribution in [0.1, 0.15) is 5.56 Å². The molecule has 2 rings (SSSR count). The van der Waals surface area contributed by atoms with Gasteiger partial charge in [-0.15, -0.1) is 0 Å². The van der Waals surface area contributed by atoms with Gasteiger partial charge in [-0.2, -0.15) is 0 Å². The molecule has 0 bridgehead atoms. The van der Waals surface area contributed by atoms with Crippen molar-refractivity contribution in [3.8, 4) is 5.75 Å². The maximum Gasteiger partial charge on any atom is 0.230 e. The van der Waals surface area contributed by atoms with Crippen LogP contribution in [0.2, 0.25) is 0 Å². The standard InChI is InChI=1S/C14H14BrNO2/c15-9-14(18)16-7-6-11-3-1-2-10-4-5-12(17)8-13(10)11/h1-5,8,17H,6-7,9H2,(H,16,18). The van der Waals surface area contributed by atoms with Crippen molar-refractivity contribution in [1.29, 1.82) is 0 Å². The molecule has 0 fully saturated rings. The normalized spacial score (nSPS) is 10.5. The highest BCUT2D eigenvalue weighted by atomic mass is 79.9. The zero-order valence-electron chi connectivity index (χ0n) is 9.82. The van der Waals surface area contributed by atoms with E-state index in [2.05, 4.69) is 21.2 Å². The molecule has 0 atom stereocenters. The van der Waals surface area contributed by atoms with E-state index >= 15 is 0 Å².